The summed E-state index contributed by atoms with van der Waals surface area (Å²) in [7, 11) is 0. The summed E-state index contributed by atoms with van der Waals surface area (Å²) in [6.07, 6.45) is 3.53. The van der Waals surface area contributed by atoms with Crippen molar-refractivity contribution in [3.05, 3.63) is 0 Å². The van der Waals surface area contributed by atoms with Gasteiger partial charge in [0.2, 0.25) is 0 Å². The van der Waals surface area contributed by atoms with Gasteiger partial charge >= 0.3 is 0 Å². The van der Waals surface area contributed by atoms with Crippen LogP contribution in [0.4, 0.5) is 0 Å². The molecule has 0 aliphatic carbocycles. The van der Waals surface area contributed by atoms with Crippen LogP contribution in [0.3, 0.4) is 0 Å². The predicted molar refractivity (Wildman–Crippen MR) is 60.7 cm³/mol. The summed E-state index contributed by atoms with van der Waals surface area (Å²) >= 11 is 0. The Morgan fingerprint density at radius 1 is 1.08 bits per heavy atom. The van der Waals surface area contributed by atoms with Crippen molar-refractivity contribution in [2.75, 3.05) is 0 Å². The van der Waals surface area contributed by atoms with Gasteiger partial charge in [-0.25, -0.2) is 0 Å². The van der Waals surface area contributed by atoms with Crippen molar-refractivity contribution in [3.8, 4) is 0 Å². The van der Waals surface area contributed by atoms with Gasteiger partial charge in [0.05, 0.1) is 0 Å². The first-order valence-electron chi connectivity index (χ1n) is 5.44. The van der Waals surface area contributed by atoms with E-state index in [9.17, 15) is 0 Å². The molecule has 0 aliphatic heterocycles. The average Bonchev–Trinajstić information content (AvgIpc) is 1.82. The maximum atomic E-state index is 6.17. The van der Waals surface area contributed by atoms with Gasteiger partial charge in [0.15, 0.2) is 0 Å². The summed E-state index contributed by atoms with van der Waals surface area (Å²) in [4.78, 5) is 0. The Balaban J connectivity index is 4.21. The minimum Gasteiger partial charge on any atom is -0.327 e. The minimum atomic E-state index is 0.272. The third-order valence-corrected chi connectivity index (χ3v) is 2.59. The Morgan fingerprint density at radius 3 is 1.85 bits per heavy atom. The Morgan fingerprint density at radius 2 is 1.54 bits per heavy atom. The van der Waals surface area contributed by atoms with Gasteiger partial charge in [-0.15, -0.1) is 0 Å². The predicted octanol–water partition coefficient (Wildman–Crippen LogP) is 3.58. The summed E-state index contributed by atoms with van der Waals surface area (Å²) in [5.41, 5.74) is 6.83. The molecule has 0 amide bonds. The molecule has 13 heavy (non-hydrogen) atoms. The van der Waals surface area contributed by atoms with E-state index in [0.717, 1.165) is 6.42 Å². The smallest absolute Gasteiger partial charge is 0.00903 e. The van der Waals surface area contributed by atoms with Crippen molar-refractivity contribution < 1.29 is 0 Å². The van der Waals surface area contributed by atoms with Crippen LogP contribution >= 0.6 is 0 Å². The van der Waals surface area contributed by atoms with E-state index in [-0.39, 0.29) is 5.41 Å². The highest BCUT2D eigenvalue weighted by Crippen LogP contribution is 2.36. The van der Waals surface area contributed by atoms with Crippen LogP contribution in [0.5, 0.6) is 0 Å². The fraction of sp³-hybridized carbons (Fsp3) is 1.00. The van der Waals surface area contributed by atoms with E-state index < -0.39 is 0 Å². The maximum absolute atomic E-state index is 6.17. The van der Waals surface area contributed by atoms with Gasteiger partial charge in [-0.2, -0.15) is 0 Å². The molecule has 1 atom stereocenters. The average molecular weight is 185 g/mol. The Hall–Kier alpha value is -0.0400. The molecule has 1 nitrogen and oxygen atoms in total. The van der Waals surface area contributed by atoms with Crippen LogP contribution < -0.4 is 5.73 Å². The van der Waals surface area contributed by atoms with E-state index in [1.165, 1.54) is 12.8 Å². The van der Waals surface area contributed by atoms with Crippen LogP contribution in [0.1, 0.15) is 60.8 Å². The second-order valence-electron chi connectivity index (χ2n) is 6.12. The molecule has 0 saturated heterocycles. The van der Waals surface area contributed by atoms with Gasteiger partial charge in [-0.3, -0.25) is 0 Å². The van der Waals surface area contributed by atoms with E-state index in [1.54, 1.807) is 0 Å². The number of nitrogens with two attached hydrogens (primary N) is 1. The summed E-state index contributed by atoms with van der Waals surface area (Å²) in [6, 6.07) is 0.344. The molecule has 0 aliphatic rings. The van der Waals surface area contributed by atoms with Gasteiger partial charge in [0.1, 0.15) is 0 Å². The molecule has 0 fully saturated rings. The first-order valence-corrected chi connectivity index (χ1v) is 5.44. The van der Waals surface area contributed by atoms with E-state index in [2.05, 4.69) is 41.5 Å². The summed E-state index contributed by atoms with van der Waals surface area (Å²) < 4.78 is 0. The van der Waals surface area contributed by atoms with Crippen molar-refractivity contribution in [1.82, 2.24) is 0 Å². The van der Waals surface area contributed by atoms with Crippen LogP contribution in [0.15, 0.2) is 0 Å². The molecule has 0 aromatic heterocycles. The summed E-state index contributed by atoms with van der Waals surface area (Å²) in [5.74, 6) is 0. The lowest BCUT2D eigenvalue weighted by atomic mass is 9.71. The lowest BCUT2D eigenvalue weighted by Crippen LogP contribution is -2.39. The van der Waals surface area contributed by atoms with Gasteiger partial charge in [-0.05, 0) is 23.7 Å². The molecular formula is C12H27N. The molecular weight excluding hydrogens is 158 g/mol. The standard InChI is InChI=1S/C12H27N/c1-7-8-10(13)12(5,6)9-11(2,3)4/h10H,7-9,13H2,1-6H3. The van der Waals surface area contributed by atoms with Crippen molar-refractivity contribution >= 4 is 0 Å². The molecule has 80 valence electrons. The highest BCUT2D eigenvalue weighted by atomic mass is 14.7. The Kier molecular flexibility index (Phi) is 4.44. The highest BCUT2D eigenvalue weighted by Gasteiger charge is 2.30. The molecule has 0 bridgehead atoms. The second kappa shape index (κ2) is 4.45. The molecule has 2 N–H and O–H groups in total. The van der Waals surface area contributed by atoms with Gasteiger partial charge in [0.25, 0.3) is 0 Å². The summed E-state index contributed by atoms with van der Waals surface area (Å²) in [5, 5.41) is 0. The fourth-order valence-electron chi connectivity index (χ4n) is 2.20. The van der Waals surface area contributed by atoms with Gasteiger partial charge in [-0.1, -0.05) is 48.0 Å². The maximum Gasteiger partial charge on any atom is 0.00903 e. The molecule has 0 saturated carbocycles. The van der Waals surface area contributed by atoms with Crippen molar-refractivity contribution in [2.45, 2.75) is 66.8 Å². The normalized spacial score (nSPS) is 15.9. The first-order chi connectivity index (χ1) is 5.69. The fourth-order valence-corrected chi connectivity index (χ4v) is 2.20. The van der Waals surface area contributed by atoms with Crippen LogP contribution in [0.25, 0.3) is 0 Å². The monoisotopic (exact) mass is 185 g/mol. The van der Waals surface area contributed by atoms with E-state index in [4.69, 9.17) is 5.73 Å². The largest absolute Gasteiger partial charge is 0.327 e. The second-order valence-corrected chi connectivity index (χ2v) is 6.12. The number of hydrogen-bond donors (Lipinski definition) is 1. The van der Waals surface area contributed by atoms with Crippen LogP contribution in [0, 0.1) is 10.8 Å². The molecule has 0 spiro atoms. The van der Waals surface area contributed by atoms with E-state index in [1.807, 2.05) is 0 Å². The zero-order chi connectivity index (χ0) is 10.7. The Labute approximate surface area is 84.1 Å². The Bertz CT molecular complexity index is 142. The number of hydrogen-bond acceptors (Lipinski definition) is 1. The van der Waals surface area contributed by atoms with Crippen LogP contribution in [-0.2, 0) is 0 Å². The zero-order valence-electron chi connectivity index (χ0n) is 10.3. The SMILES string of the molecule is CCCC(N)C(C)(C)CC(C)(C)C. The third kappa shape index (κ3) is 5.30. The summed E-state index contributed by atoms with van der Waals surface area (Å²) in [6.45, 7) is 13.6. The highest BCUT2D eigenvalue weighted by molar-refractivity contribution is 4.85. The van der Waals surface area contributed by atoms with Crippen molar-refractivity contribution in [3.63, 3.8) is 0 Å². The molecule has 0 aromatic carbocycles. The lowest BCUT2D eigenvalue weighted by molar-refractivity contribution is 0.168. The van der Waals surface area contributed by atoms with Crippen LogP contribution in [0.2, 0.25) is 0 Å². The van der Waals surface area contributed by atoms with E-state index in [0.29, 0.717) is 11.5 Å². The first kappa shape index (κ1) is 13.0. The lowest BCUT2D eigenvalue weighted by Gasteiger charge is -2.37. The molecule has 0 heterocycles. The zero-order valence-corrected chi connectivity index (χ0v) is 10.3. The van der Waals surface area contributed by atoms with Gasteiger partial charge in [0, 0.05) is 6.04 Å². The molecule has 0 rings (SSSR count). The quantitative estimate of drug-likeness (QED) is 0.712. The minimum absolute atomic E-state index is 0.272. The molecule has 0 aromatic rings. The van der Waals surface area contributed by atoms with Crippen molar-refractivity contribution in [1.29, 1.82) is 0 Å². The topological polar surface area (TPSA) is 26.0 Å². The van der Waals surface area contributed by atoms with Crippen molar-refractivity contribution in [2.24, 2.45) is 16.6 Å². The molecule has 1 unspecified atom stereocenters. The molecule has 0 radical (unpaired) electrons. The van der Waals surface area contributed by atoms with Crippen LogP contribution in [-0.4, -0.2) is 6.04 Å². The third-order valence-electron chi connectivity index (χ3n) is 2.59. The molecule has 1 heteroatoms. The van der Waals surface area contributed by atoms with Gasteiger partial charge < -0.3 is 5.73 Å². The van der Waals surface area contributed by atoms with E-state index >= 15 is 0 Å². The number of rotatable bonds is 4.